The third-order valence-corrected chi connectivity index (χ3v) is 9.33. The van der Waals surface area contributed by atoms with E-state index in [0.29, 0.717) is 32.0 Å². The van der Waals surface area contributed by atoms with Gasteiger partial charge in [-0.25, -0.2) is 14.8 Å². The highest BCUT2D eigenvalue weighted by Crippen LogP contribution is 2.50. The zero-order chi connectivity index (χ0) is 33.6. The van der Waals surface area contributed by atoms with Crippen molar-refractivity contribution < 1.29 is 46.2 Å². The second-order valence-corrected chi connectivity index (χ2v) is 13.7. The zero-order valence-corrected chi connectivity index (χ0v) is 26.5. The molecule has 0 unspecified atom stereocenters. The second kappa shape index (κ2) is 12.5. The molecule has 46 heavy (non-hydrogen) atoms. The number of rotatable bonds is 4. The maximum Gasteiger partial charge on any atom is 0.408 e. The molecule has 1 aromatic carbocycles. The number of hydrogen-bond acceptors (Lipinski definition) is 8. The molecule has 2 bridgehead atoms. The van der Waals surface area contributed by atoms with Crippen LogP contribution in [0.4, 0.5) is 22.4 Å². The topological polar surface area (TPSA) is 120 Å². The number of carbonyl (C=O) groups excluding carboxylic acids is 3. The van der Waals surface area contributed by atoms with E-state index in [-0.39, 0.29) is 35.7 Å². The Morgan fingerprint density at radius 3 is 2.57 bits per heavy atom. The number of nitrogens with one attached hydrogen (secondary N) is 1. The predicted octanol–water partition coefficient (Wildman–Crippen LogP) is 6.00. The number of halogens is 4. The number of aldehydes is 1. The lowest BCUT2D eigenvalue weighted by molar-refractivity contribution is -0.139. The Labute approximate surface area is 264 Å². The molecular weight excluding hydrogens is 612 g/mol. The summed E-state index contributed by atoms with van der Waals surface area (Å²) in [5.41, 5.74) is -2.26. The first-order chi connectivity index (χ1) is 21.6. The number of nitrogens with zero attached hydrogens (tertiary/aromatic N) is 3. The fourth-order valence-electron chi connectivity index (χ4n) is 6.59. The van der Waals surface area contributed by atoms with Gasteiger partial charge in [0.1, 0.15) is 29.8 Å². The molecule has 1 saturated carbocycles. The van der Waals surface area contributed by atoms with Crippen molar-refractivity contribution in [2.45, 2.75) is 109 Å². The first-order valence-corrected chi connectivity index (χ1v) is 15.6. The van der Waals surface area contributed by atoms with Crippen LogP contribution in [-0.2, 0) is 20.2 Å². The molecule has 1 N–H and O–H groups in total. The summed E-state index contributed by atoms with van der Waals surface area (Å²) in [7, 11) is 0. The molecule has 3 aliphatic rings. The van der Waals surface area contributed by atoms with Crippen molar-refractivity contribution in [3.8, 4) is 11.6 Å². The summed E-state index contributed by atoms with van der Waals surface area (Å²) in [6, 6.07) is 1.55. The van der Waals surface area contributed by atoms with E-state index in [1.807, 2.05) is 0 Å². The Balaban J connectivity index is 1.58. The van der Waals surface area contributed by atoms with Gasteiger partial charge in [-0.05, 0) is 50.2 Å². The second-order valence-electron chi connectivity index (χ2n) is 13.7. The summed E-state index contributed by atoms with van der Waals surface area (Å²) in [6.07, 6.45) is 0.347. The van der Waals surface area contributed by atoms with Crippen molar-refractivity contribution in [1.82, 2.24) is 20.2 Å². The summed E-state index contributed by atoms with van der Waals surface area (Å²) in [5.74, 6) is -5.43. The zero-order valence-electron chi connectivity index (χ0n) is 26.5. The normalized spacial score (nSPS) is 30.3. The fraction of sp³-hybridized carbons (Fsp3) is 0.656. The lowest BCUT2D eigenvalue weighted by Crippen LogP contribution is -2.56. The summed E-state index contributed by atoms with van der Waals surface area (Å²) in [6.45, 7) is 5.59. The van der Waals surface area contributed by atoms with Gasteiger partial charge in [-0.1, -0.05) is 34.1 Å². The third-order valence-electron chi connectivity index (χ3n) is 9.33. The Morgan fingerprint density at radius 1 is 1.17 bits per heavy atom. The van der Waals surface area contributed by atoms with Crippen LogP contribution < -0.4 is 14.8 Å². The molecule has 14 heteroatoms. The minimum atomic E-state index is -3.49. The van der Waals surface area contributed by atoms with Crippen LogP contribution >= 0.6 is 0 Å². The van der Waals surface area contributed by atoms with E-state index in [1.165, 1.54) is 17.0 Å². The predicted molar refractivity (Wildman–Crippen MR) is 158 cm³/mol. The van der Waals surface area contributed by atoms with Crippen molar-refractivity contribution in [3.63, 3.8) is 0 Å². The molecule has 2 amide bonds. The van der Waals surface area contributed by atoms with Crippen LogP contribution in [0.3, 0.4) is 0 Å². The molecule has 252 valence electrons. The van der Waals surface area contributed by atoms with Crippen LogP contribution in [0.25, 0.3) is 11.0 Å². The molecule has 2 aromatic rings. The molecule has 6 atom stereocenters. The highest BCUT2D eigenvalue weighted by atomic mass is 19.3. The fourth-order valence-corrected chi connectivity index (χ4v) is 6.59. The number of alkyl carbamates (subject to hydrolysis) is 1. The number of hydrogen-bond donors (Lipinski definition) is 1. The summed E-state index contributed by atoms with van der Waals surface area (Å²) in [5, 5.41) is 2.72. The smallest absolute Gasteiger partial charge is 0.408 e. The molecule has 1 saturated heterocycles. The highest BCUT2D eigenvalue weighted by Gasteiger charge is 2.54. The van der Waals surface area contributed by atoms with E-state index in [0.717, 1.165) is 6.07 Å². The van der Waals surface area contributed by atoms with Crippen LogP contribution in [0.2, 0.25) is 0 Å². The monoisotopic (exact) mass is 652 g/mol. The molecule has 0 spiro atoms. The van der Waals surface area contributed by atoms with Gasteiger partial charge in [0.05, 0.1) is 23.6 Å². The summed E-state index contributed by atoms with van der Waals surface area (Å²) in [4.78, 5) is 49.4. The first kappa shape index (κ1) is 33.6. The average Bonchev–Trinajstić information content (AvgIpc) is 3.45. The van der Waals surface area contributed by atoms with Gasteiger partial charge in [0.15, 0.2) is 5.69 Å². The lowest BCUT2D eigenvalue weighted by atomic mass is 9.85. The van der Waals surface area contributed by atoms with E-state index in [1.54, 1.807) is 34.6 Å². The number of benzene rings is 1. The van der Waals surface area contributed by atoms with Gasteiger partial charge < -0.3 is 29.2 Å². The molecule has 0 radical (unpaired) electrons. The van der Waals surface area contributed by atoms with E-state index in [9.17, 15) is 23.2 Å². The van der Waals surface area contributed by atoms with Crippen molar-refractivity contribution in [2.24, 2.45) is 17.3 Å². The van der Waals surface area contributed by atoms with Gasteiger partial charge in [-0.15, -0.1) is 0 Å². The Morgan fingerprint density at radius 2 is 1.91 bits per heavy atom. The van der Waals surface area contributed by atoms with Crippen LogP contribution in [0.5, 0.6) is 11.6 Å². The van der Waals surface area contributed by atoms with E-state index >= 15 is 8.78 Å². The molecule has 5 rings (SSSR count). The average molecular weight is 653 g/mol. The van der Waals surface area contributed by atoms with Crippen LogP contribution in [0.1, 0.15) is 78.8 Å². The minimum absolute atomic E-state index is 0.00992. The lowest BCUT2D eigenvalue weighted by Gasteiger charge is -2.35. The van der Waals surface area contributed by atoms with E-state index < -0.39 is 77.7 Å². The summed E-state index contributed by atoms with van der Waals surface area (Å²) < 4.78 is 74.0. The van der Waals surface area contributed by atoms with Gasteiger partial charge in [0, 0.05) is 24.3 Å². The maximum absolute atomic E-state index is 15.9. The Kier molecular flexibility index (Phi) is 9.13. The molecule has 1 aromatic heterocycles. The molecule has 2 fully saturated rings. The van der Waals surface area contributed by atoms with Gasteiger partial charge >= 0.3 is 12.7 Å². The molecule has 3 heterocycles. The molecule has 1 aliphatic carbocycles. The number of carbonyl (C=O) groups is 3. The van der Waals surface area contributed by atoms with Gasteiger partial charge in [0.25, 0.3) is 5.92 Å². The number of fused-ring (bicyclic) bond motifs is 5. The van der Waals surface area contributed by atoms with Gasteiger partial charge in [-0.3, -0.25) is 4.79 Å². The van der Waals surface area contributed by atoms with E-state index in [4.69, 9.17) is 9.47 Å². The number of ether oxygens (including phenoxy) is 3. The Bertz CT molecular complexity index is 1490. The maximum atomic E-state index is 15.9. The number of alkyl halides is 4. The highest BCUT2D eigenvalue weighted by molar-refractivity contribution is 5.89. The quantitative estimate of drug-likeness (QED) is 0.316. The van der Waals surface area contributed by atoms with Crippen molar-refractivity contribution in [2.75, 3.05) is 6.54 Å². The minimum Gasteiger partial charge on any atom is -0.471 e. The first-order valence-electron chi connectivity index (χ1n) is 15.6. The van der Waals surface area contributed by atoms with E-state index in [2.05, 4.69) is 20.0 Å². The van der Waals surface area contributed by atoms with Gasteiger partial charge in [-0.2, -0.15) is 17.6 Å². The van der Waals surface area contributed by atoms with Gasteiger partial charge in [0.2, 0.25) is 11.8 Å². The van der Waals surface area contributed by atoms with Crippen LogP contribution in [0, 0.1) is 17.3 Å². The van der Waals surface area contributed by atoms with Crippen LogP contribution in [-0.4, -0.2) is 70.1 Å². The Hall–Kier alpha value is -3.71. The van der Waals surface area contributed by atoms with Crippen LogP contribution in [0.15, 0.2) is 18.2 Å². The number of amides is 2. The largest absolute Gasteiger partial charge is 0.471 e. The standard InChI is InChI=1S/C32H40F4N4O6/c1-6-19-22(16-41)40-15-23(19)45-26-24(37-20-11-10-18(44-28(33)34)13-21(20)38-26)32(35,36)12-8-7-9-17-14-31(17,5)46-29(43)39-25(27(40)42)30(2,3)4/h10-11,13,16-17,19,22-23,25,28H,6-9,12,14-15H2,1-5H3,(H,39,43)/t17-,19+,22-,23+,25-,31-/m1/s1. The molecular formula is C32H40F4N4O6. The number of aromatic nitrogens is 2. The van der Waals surface area contributed by atoms with Crippen molar-refractivity contribution in [1.29, 1.82) is 0 Å². The molecule has 2 aliphatic heterocycles. The van der Waals surface area contributed by atoms with Crippen molar-refractivity contribution in [3.05, 3.63) is 23.9 Å². The SMILES string of the molecule is CC[C@@H]1[C@@H]2CN(C(=O)[C@H](C(C)(C)C)NC(=O)O[C@]3(C)C[C@H]3CCCCC(F)(F)c3nc4ccc(OC(F)F)cc4nc3O2)[C@@H]1C=O. The third kappa shape index (κ3) is 6.85. The summed E-state index contributed by atoms with van der Waals surface area (Å²) >= 11 is 0. The molecule has 10 nitrogen and oxygen atoms in total. The van der Waals surface area contributed by atoms with Crippen molar-refractivity contribution >= 4 is 29.3 Å².